The van der Waals surface area contributed by atoms with E-state index in [0.29, 0.717) is 29.9 Å². The van der Waals surface area contributed by atoms with Gasteiger partial charge < -0.3 is 25.2 Å². The van der Waals surface area contributed by atoms with Gasteiger partial charge in [-0.25, -0.2) is 9.59 Å². The molecule has 0 aliphatic rings. The number of rotatable bonds is 15. The Balaban J connectivity index is 0.000000738. The quantitative estimate of drug-likeness (QED) is 0.111. The molecule has 8 nitrogen and oxygen atoms in total. The van der Waals surface area contributed by atoms with Gasteiger partial charge in [-0.2, -0.15) is 0 Å². The van der Waals surface area contributed by atoms with Crippen molar-refractivity contribution in [2.45, 2.75) is 25.7 Å². The van der Waals surface area contributed by atoms with Gasteiger partial charge in [0.25, 0.3) is 0 Å². The summed E-state index contributed by atoms with van der Waals surface area (Å²) in [7, 11) is 3.94. The second kappa shape index (κ2) is 17.9. The Morgan fingerprint density at radius 1 is 1.00 bits per heavy atom. The lowest BCUT2D eigenvalue weighted by molar-refractivity contribution is -0.134. The third-order valence-electron chi connectivity index (χ3n) is 5.12. The van der Waals surface area contributed by atoms with Crippen molar-refractivity contribution < 1.29 is 29.3 Å². The largest absolute Gasteiger partial charge is 0.494 e. The van der Waals surface area contributed by atoms with Gasteiger partial charge in [0.1, 0.15) is 5.75 Å². The number of carboxylic acid groups (broad SMARTS) is 2. The third kappa shape index (κ3) is 13.5. The van der Waals surface area contributed by atoms with Crippen LogP contribution in [0, 0.1) is 0 Å². The molecule has 0 radical (unpaired) electrons. The lowest BCUT2D eigenvalue weighted by atomic mass is 10.0. The first-order valence-electron chi connectivity index (χ1n) is 11.9. The number of benzene rings is 2. The van der Waals surface area contributed by atoms with Crippen molar-refractivity contribution in [3.63, 3.8) is 0 Å². The van der Waals surface area contributed by atoms with Crippen LogP contribution in [-0.4, -0.2) is 66.6 Å². The van der Waals surface area contributed by atoms with E-state index < -0.39 is 11.9 Å². The molecule has 0 saturated heterocycles. The number of hydrogen-bond donors (Lipinski definition) is 3. The smallest absolute Gasteiger partial charge is 0.328 e. The molecule has 0 aromatic heterocycles. The highest BCUT2D eigenvalue weighted by Gasteiger charge is 2.14. The monoisotopic (exact) mass is 574 g/mol. The van der Waals surface area contributed by atoms with Crippen molar-refractivity contribution in [3.05, 3.63) is 82.9 Å². The summed E-state index contributed by atoms with van der Waals surface area (Å²) in [4.78, 5) is 34.2. The summed E-state index contributed by atoms with van der Waals surface area (Å²) in [5.41, 5.74) is 2.09. The van der Waals surface area contributed by atoms with Crippen LogP contribution in [0.1, 0.15) is 41.6 Å². The number of halogens is 1. The molecule has 0 spiro atoms. The maximum atomic E-state index is 12.8. The first-order chi connectivity index (χ1) is 17.7. The molecular formula is C28H35BrN2O6. The van der Waals surface area contributed by atoms with E-state index >= 15 is 0 Å². The number of nitrogens with zero attached hydrogens (tertiary/aromatic N) is 1. The van der Waals surface area contributed by atoms with Crippen molar-refractivity contribution >= 4 is 39.3 Å². The lowest BCUT2D eigenvalue weighted by Crippen LogP contribution is -2.19. The molecule has 0 bridgehead atoms. The molecule has 0 saturated carbocycles. The third-order valence-corrected chi connectivity index (χ3v) is 5.65. The topological polar surface area (TPSA) is 116 Å². The Hall–Kier alpha value is -3.43. The Kier molecular flexibility index (Phi) is 15.3. The van der Waals surface area contributed by atoms with E-state index in [1.807, 2.05) is 55.6 Å². The molecule has 2 aromatic carbocycles. The minimum absolute atomic E-state index is 0.00479. The normalized spacial score (nSPS) is 10.5. The van der Waals surface area contributed by atoms with Crippen LogP contribution in [0.25, 0.3) is 0 Å². The van der Waals surface area contributed by atoms with Gasteiger partial charge in [-0.3, -0.25) is 4.79 Å². The van der Waals surface area contributed by atoms with Crippen LogP contribution >= 0.6 is 15.9 Å². The Morgan fingerprint density at radius 3 is 2.19 bits per heavy atom. The molecule has 37 heavy (non-hydrogen) atoms. The second-order valence-corrected chi connectivity index (χ2v) is 9.03. The van der Waals surface area contributed by atoms with Crippen molar-refractivity contribution in [1.82, 2.24) is 4.90 Å². The average molecular weight is 576 g/mol. The van der Waals surface area contributed by atoms with Gasteiger partial charge in [-0.15, -0.1) is 6.58 Å². The number of carbonyl (C=O) groups is 3. The molecule has 0 heterocycles. The molecular weight excluding hydrogens is 540 g/mol. The van der Waals surface area contributed by atoms with Gasteiger partial charge in [-0.05, 0) is 62.8 Å². The number of ether oxygens (including phenoxy) is 1. The summed E-state index contributed by atoms with van der Waals surface area (Å²) >= 11 is 3.40. The second-order valence-electron chi connectivity index (χ2n) is 8.12. The molecule has 0 fully saturated rings. The van der Waals surface area contributed by atoms with Gasteiger partial charge in [0, 0.05) is 53.1 Å². The van der Waals surface area contributed by atoms with E-state index in [1.165, 1.54) is 12.8 Å². The number of aliphatic carboxylic acids is 2. The molecule has 0 amide bonds. The molecule has 9 heteroatoms. The van der Waals surface area contributed by atoms with Crippen LogP contribution in [0.4, 0.5) is 5.69 Å². The summed E-state index contributed by atoms with van der Waals surface area (Å²) in [5.74, 6) is -1.73. The van der Waals surface area contributed by atoms with Crippen LogP contribution < -0.4 is 10.1 Å². The maximum Gasteiger partial charge on any atom is 0.328 e. The Bertz CT molecular complexity index is 1040. The van der Waals surface area contributed by atoms with Gasteiger partial charge >= 0.3 is 11.9 Å². The highest BCUT2D eigenvalue weighted by atomic mass is 79.9. The standard InChI is InChI=1S/C24H31BrN2O2.C4H4O4/c1-4-15-27(3)16-7-5-6-8-17-29-21-13-14-22(23(18-21)26-2)24(28)19-9-11-20(25)12-10-19;5-3(6)1-2-4(7)8/h4,9-14,18,26H,1,5-8,15-17H2,2-3H3;1-2H,(H,5,6)(H,7,8)/b;2-1+. The molecule has 0 unspecified atom stereocenters. The summed E-state index contributed by atoms with van der Waals surface area (Å²) in [6.45, 7) is 6.49. The van der Waals surface area contributed by atoms with Crippen LogP contribution in [0.15, 0.2) is 71.7 Å². The van der Waals surface area contributed by atoms with E-state index in [1.54, 1.807) is 0 Å². The Morgan fingerprint density at radius 2 is 1.62 bits per heavy atom. The summed E-state index contributed by atoms with van der Waals surface area (Å²) in [6.07, 6.45) is 7.63. The molecule has 0 atom stereocenters. The van der Waals surface area contributed by atoms with Gasteiger partial charge in [0.05, 0.1) is 6.61 Å². The Labute approximate surface area is 226 Å². The molecule has 0 aliphatic carbocycles. The number of likely N-dealkylation sites (N-methyl/N-ethyl adjacent to an activating group) is 1. The van der Waals surface area contributed by atoms with Crippen molar-refractivity contribution in [3.8, 4) is 5.75 Å². The number of carboxylic acids is 2. The zero-order valence-electron chi connectivity index (χ0n) is 21.3. The average Bonchev–Trinajstić information content (AvgIpc) is 2.87. The summed E-state index contributed by atoms with van der Waals surface area (Å²) in [6, 6.07) is 13.0. The number of unbranched alkanes of at least 4 members (excludes halogenated alkanes) is 3. The van der Waals surface area contributed by atoms with E-state index in [0.717, 1.165) is 41.8 Å². The van der Waals surface area contributed by atoms with Gasteiger partial charge in [0.15, 0.2) is 5.78 Å². The summed E-state index contributed by atoms with van der Waals surface area (Å²) in [5, 5.41) is 18.7. The summed E-state index contributed by atoms with van der Waals surface area (Å²) < 4.78 is 6.84. The number of hydrogen-bond acceptors (Lipinski definition) is 6. The number of nitrogens with one attached hydrogen (secondary N) is 1. The van der Waals surface area contributed by atoms with E-state index in [4.69, 9.17) is 14.9 Å². The fourth-order valence-electron chi connectivity index (χ4n) is 3.26. The van der Waals surface area contributed by atoms with Gasteiger partial charge in [-0.1, -0.05) is 34.8 Å². The molecule has 2 rings (SSSR count). The zero-order valence-corrected chi connectivity index (χ0v) is 22.9. The fourth-order valence-corrected chi connectivity index (χ4v) is 3.52. The first-order valence-corrected chi connectivity index (χ1v) is 12.7. The lowest BCUT2D eigenvalue weighted by Gasteiger charge is -2.14. The molecule has 3 N–H and O–H groups in total. The molecule has 2 aromatic rings. The van der Waals surface area contributed by atoms with Crippen molar-refractivity contribution in [2.24, 2.45) is 0 Å². The minimum Gasteiger partial charge on any atom is -0.494 e. The zero-order chi connectivity index (χ0) is 27.6. The highest BCUT2D eigenvalue weighted by Crippen LogP contribution is 2.25. The molecule has 200 valence electrons. The predicted molar refractivity (Wildman–Crippen MR) is 150 cm³/mol. The van der Waals surface area contributed by atoms with Crippen molar-refractivity contribution in [2.75, 3.05) is 39.1 Å². The number of anilines is 1. The van der Waals surface area contributed by atoms with E-state index in [9.17, 15) is 14.4 Å². The van der Waals surface area contributed by atoms with Gasteiger partial charge in [0.2, 0.25) is 0 Å². The van der Waals surface area contributed by atoms with Crippen LogP contribution in [0.5, 0.6) is 5.75 Å². The number of carbonyl (C=O) groups excluding carboxylic acids is 1. The highest BCUT2D eigenvalue weighted by molar-refractivity contribution is 9.10. The van der Waals surface area contributed by atoms with Crippen LogP contribution in [0.3, 0.4) is 0 Å². The fraction of sp³-hybridized carbons (Fsp3) is 0.321. The predicted octanol–water partition coefficient (Wildman–Crippen LogP) is 5.49. The number of ketones is 1. The van der Waals surface area contributed by atoms with E-state index in [-0.39, 0.29) is 5.78 Å². The van der Waals surface area contributed by atoms with Crippen LogP contribution in [-0.2, 0) is 9.59 Å². The minimum atomic E-state index is -1.26. The van der Waals surface area contributed by atoms with E-state index in [2.05, 4.69) is 39.8 Å². The maximum absolute atomic E-state index is 12.8. The van der Waals surface area contributed by atoms with Crippen LogP contribution in [0.2, 0.25) is 0 Å². The SMILES string of the molecule is C=CCN(C)CCCCCCOc1ccc(C(=O)c2ccc(Br)cc2)c(NC)c1.O=C(O)/C=C/C(=O)O. The van der Waals surface area contributed by atoms with Crippen molar-refractivity contribution in [1.29, 1.82) is 0 Å². The first kappa shape index (κ1) is 31.6. The molecule has 0 aliphatic heterocycles.